The highest BCUT2D eigenvalue weighted by Gasteiger charge is 2.14. The number of halogens is 1. The average molecular weight is 349 g/mol. The molecule has 1 atom stereocenters. The molecule has 0 saturated heterocycles. The maximum absolute atomic E-state index is 12.2. The summed E-state index contributed by atoms with van der Waals surface area (Å²) >= 11 is 10.9. The number of carbonyl (C=O) groups excluding carboxylic acids is 1. The molecule has 0 aliphatic rings. The van der Waals surface area contributed by atoms with Crippen LogP contribution in [-0.2, 0) is 0 Å². The molecule has 118 valence electrons. The number of aliphatic hydroxyl groups excluding tert-OH is 1. The number of fused-ring (bicyclic) bond motifs is 1. The third kappa shape index (κ3) is 3.44. The van der Waals surface area contributed by atoms with Crippen LogP contribution in [0.3, 0.4) is 0 Å². The summed E-state index contributed by atoms with van der Waals surface area (Å²) < 4.78 is 5.28. The van der Waals surface area contributed by atoms with E-state index in [-0.39, 0.29) is 17.3 Å². The first-order valence-electron chi connectivity index (χ1n) is 6.88. The lowest BCUT2D eigenvalue weighted by Crippen LogP contribution is -2.28. The van der Waals surface area contributed by atoms with Gasteiger partial charge in [0.1, 0.15) is 0 Å². The second-order valence-electron chi connectivity index (χ2n) is 4.97. The van der Waals surface area contributed by atoms with Crippen LogP contribution in [0.15, 0.2) is 46.9 Å². The molecule has 0 bridgehead atoms. The van der Waals surface area contributed by atoms with E-state index >= 15 is 0 Å². The molecule has 7 heteroatoms. The van der Waals surface area contributed by atoms with E-state index in [9.17, 15) is 9.90 Å². The van der Waals surface area contributed by atoms with Crippen molar-refractivity contribution < 1.29 is 14.3 Å². The number of aliphatic hydroxyl groups is 1. The van der Waals surface area contributed by atoms with Crippen molar-refractivity contribution in [2.45, 2.75) is 6.10 Å². The van der Waals surface area contributed by atoms with Gasteiger partial charge in [-0.15, -0.1) is 0 Å². The topological polar surface area (TPSA) is 78.3 Å². The summed E-state index contributed by atoms with van der Waals surface area (Å²) in [6.07, 6.45) is -0.882. The van der Waals surface area contributed by atoms with Crippen LogP contribution in [0.25, 0.3) is 11.1 Å². The van der Waals surface area contributed by atoms with E-state index in [1.165, 1.54) is 0 Å². The zero-order chi connectivity index (χ0) is 16.4. The van der Waals surface area contributed by atoms with Gasteiger partial charge in [-0.3, -0.25) is 4.79 Å². The SMILES string of the molecule is O=C(NCC(O)c1ccccc1Cl)c1ccc2[nH]c(=S)oc2c1. The van der Waals surface area contributed by atoms with Gasteiger partial charge in [0.15, 0.2) is 5.58 Å². The van der Waals surface area contributed by atoms with Gasteiger partial charge in [-0.1, -0.05) is 29.8 Å². The highest BCUT2D eigenvalue weighted by atomic mass is 35.5. The summed E-state index contributed by atoms with van der Waals surface area (Å²) in [4.78, 5) is 15.3. The number of carbonyl (C=O) groups is 1. The van der Waals surface area contributed by atoms with Crippen LogP contribution in [-0.4, -0.2) is 22.5 Å². The van der Waals surface area contributed by atoms with E-state index in [4.69, 9.17) is 28.2 Å². The lowest BCUT2D eigenvalue weighted by molar-refractivity contribution is 0.0916. The molecule has 1 aromatic heterocycles. The molecule has 5 nitrogen and oxygen atoms in total. The van der Waals surface area contributed by atoms with E-state index in [1.807, 2.05) is 0 Å². The Kier molecular flexibility index (Phi) is 4.47. The molecule has 1 heterocycles. The van der Waals surface area contributed by atoms with Gasteiger partial charge in [-0.2, -0.15) is 0 Å². The number of rotatable bonds is 4. The van der Waals surface area contributed by atoms with E-state index in [0.717, 1.165) is 5.52 Å². The average Bonchev–Trinajstić information content (AvgIpc) is 2.91. The Labute approximate surface area is 141 Å². The Hall–Kier alpha value is -2.15. The molecule has 0 spiro atoms. The van der Waals surface area contributed by atoms with Crippen molar-refractivity contribution in [1.82, 2.24) is 10.3 Å². The van der Waals surface area contributed by atoms with E-state index in [2.05, 4.69) is 10.3 Å². The number of nitrogens with one attached hydrogen (secondary N) is 2. The predicted octanol–water partition coefficient (Wildman–Crippen LogP) is 3.61. The van der Waals surface area contributed by atoms with Gasteiger partial charge in [-0.25, -0.2) is 0 Å². The number of aromatic nitrogens is 1. The summed E-state index contributed by atoms with van der Waals surface area (Å²) in [7, 11) is 0. The van der Waals surface area contributed by atoms with Crippen LogP contribution < -0.4 is 5.32 Å². The normalized spacial score (nSPS) is 12.3. The smallest absolute Gasteiger partial charge is 0.266 e. The van der Waals surface area contributed by atoms with Crippen molar-refractivity contribution in [1.29, 1.82) is 0 Å². The molecule has 1 unspecified atom stereocenters. The fraction of sp³-hybridized carbons (Fsp3) is 0.125. The predicted molar refractivity (Wildman–Crippen MR) is 90.1 cm³/mol. The fourth-order valence-electron chi connectivity index (χ4n) is 2.23. The molecule has 0 fully saturated rings. The van der Waals surface area contributed by atoms with Crippen molar-refractivity contribution in [3.05, 3.63) is 63.5 Å². The first-order valence-corrected chi connectivity index (χ1v) is 7.67. The number of amides is 1. The molecular formula is C16H13ClN2O3S. The highest BCUT2D eigenvalue weighted by molar-refractivity contribution is 7.71. The molecule has 0 radical (unpaired) electrons. The van der Waals surface area contributed by atoms with Crippen molar-refractivity contribution in [3.63, 3.8) is 0 Å². The van der Waals surface area contributed by atoms with Crippen molar-refractivity contribution >= 4 is 40.8 Å². The van der Waals surface area contributed by atoms with Crippen LogP contribution in [0.1, 0.15) is 22.0 Å². The molecule has 2 aromatic carbocycles. The molecule has 0 saturated carbocycles. The zero-order valence-corrected chi connectivity index (χ0v) is 13.4. The highest BCUT2D eigenvalue weighted by Crippen LogP contribution is 2.22. The van der Waals surface area contributed by atoms with Crippen molar-refractivity contribution in [2.75, 3.05) is 6.54 Å². The maximum atomic E-state index is 12.2. The van der Waals surface area contributed by atoms with Gasteiger partial charge in [0.25, 0.3) is 10.7 Å². The molecule has 3 rings (SSSR count). The number of oxazole rings is 1. The van der Waals surface area contributed by atoms with Gasteiger partial charge < -0.3 is 19.8 Å². The van der Waals surface area contributed by atoms with Crippen molar-refractivity contribution in [3.8, 4) is 0 Å². The van der Waals surface area contributed by atoms with Gasteiger partial charge in [-0.05, 0) is 36.5 Å². The number of hydrogen-bond donors (Lipinski definition) is 3. The third-order valence-electron chi connectivity index (χ3n) is 3.40. The summed E-state index contributed by atoms with van der Waals surface area (Å²) in [5.74, 6) is -0.319. The maximum Gasteiger partial charge on any atom is 0.266 e. The summed E-state index contributed by atoms with van der Waals surface area (Å²) in [5.41, 5.74) is 2.22. The first kappa shape index (κ1) is 15.7. The van der Waals surface area contributed by atoms with E-state index < -0.39 is 6.10 Å². The minimum atomic E-state index is -0.882. The summed E-state index contributed by atoms with van der Waals surface area (Å²) in [6.45, 7) is 0.0527. The number of H-pyrrole nitrogens is 1. The molecule has 3 N–H and O–H groups in total. The molecule has 0 aliphatic heterocycles. The Morgan fingerprint density at radius 3 is 2.91 bits per heavy atom. The minimum absolute atomic E-state index is 0.0527. The van der Waals surface area contributed by atoms with Crippen LogP contribution in [0.4, 0.5) is 0 Å². The Balaban J connectivity index is 1.70. The van der Waals surface area contributed by atoms with Crippen LogP contribution in [0.2, 0.25) is 5.02 Å². The Morgan fingerprint density at radius 2 is 2.13 bits per heavy atom. The fourth-order valence-corrected chi connectivity index (χ4v) is 2.69. The van der Waals surface area contributed by atoms with Gasteiger partial charge in [0.05, 0.1) is 11.6 Å². The van der Waals surface area contributed by atoms with Gasteiger partial charge >= 0.3 is 0 Å². The molecule has 3 aromatic rings. The zero-order valence-electron chi connectivity index (χ0n) is 11.9. The lowest BCUT2D eigenvalue weighted by atomic mass is 10.1. The van der Waals surface area contributed by atoms with Crippen LogP contribution >= 0.6 is 23.8 Å². The van der Waals surface area contributed by atoms with Crippen LogP contribution in [0, 0.1) is 4.84 Å². The quantitative estimate of drug-likeness (QED) is 0.629. The van der Waals surface area contributed by atoms with Crippen molar-refractivity contribution in [2.24, 2.45) is 0 Å². The lowest BCUT2D eigenvalue weighted by Gasteiger charge is -2.13. The molecule has 1 amide bonds. The van der Waals surface area contributed by atoms with E-state index in [0.29, 0.717) is 21.7 Å². The first-order chi connectivity index (χ1) is 11.0. The van der Waals surface area contributed by atoms with Crippen LogP contribution in [0.5, 0.6) is 0 Å². The third-order valence-corrected chi connectivity index (χ3v) is 3.93. The molecule has 23 heavy (non-hydrogen) atoms. The number of hydrogen-bond acceptors (Lipinski definition) is 4. The number of benzene rings is 2. The second-order valence-corrected chi connectivity index (χ2v) is 5.75. The monoisotopic (exact) mass is 348 g/mol. The summed E-state index contributed by atoms with van der Waals surface area (Å²) in [5, 5.41) is 13.3. The largest absolute Gasteiger partial charge is 0.429 e. The van der Waals surface area contributed by atoms with Gasteiger partial charge in [0.2, 0.25) is 0 Å². The number of aromatic amines is 1. The van der Waals surface area contributed by atoms with E-state index in [1.54, 1.807) is 42.5 Å². The molecule has 0 aliphatic carbocycles. The standard InChI is InChI=1S/C16H13ClN2O3S/c17-11-4-2-1-3-10(11)13(20)8-18-15(21)9-5-6-12-14(7-9)22-16(23)19-12/h1-7,13,20H,8H2,(H,18,21)(H,19,23). The minimum Gasteiger partial charge on any atom is -0.429 e. The Morgan fingerprint density at radius 1 is 1.35 bits per heavy atom. The van der Waals surface area contributed by atoms with Gasteiger partial charge in [0, 0.05) is 22.7 Å². The Bertz CT molecular complexity index is 919. The summed E-state index contributed by atoms with van der Waals surface area (Å²) in [6, 6.07) is 11.9. The second kappa shape index (κ2) is 6.54. The molecular weight excluding hydrogens is 336 g/mol.